The number of fused-ring (bicyclic) bond motifs is 1. The summed E-state index contributed by atoms with van der Waals surface area (Å²) in [5, 5.41) is 3.02. The van der Waals surface area contributed by atoms with E-state index >= 15 is 0 Å². The molecule has 0 aliphatic rings. The van der Waals surface area contributed by atoms with Crippen molar-refractivity contribution in [3.05, 3.63) is 70.0 Å². The van der Waals surface area contributed by atoms with Gasteiger partial charge in [-0.2, -0.15) is 0 Å². The van der Waals surface area contributed by atoms with Gasteiger partial charge in [0.05, 0.1) is 29.7 Å². The Bertz CT molecular complexity index is 1080. The highest BCUT2D eigenvalue weighted by molar-refractivity contribution is 6.06. The fourth-order valence-electron chi connectivity index (χ4n) is 2.73. The molecule has 0 bridgehead atoms. The molecule has 144 valence electrons. The molecule has 7 nitrogen and oxygen atoms in total. The molecule has 2 aromatic carbocycles. The summed E-state index contributed by atoms with van der Waals surface area (Å²) < 4.78 is 10.3. The van der Waals surface area contributed by atoms with Gasteiger partial charge in [-0.15, -0.1) is 0 Å². The normalized spacial score (nSPS) is 10.7. The van der Waals surface area contributed by atoms with Crippen molar-refractivity contribution in [2.45, 2.75) is 20.0 Å². The number of carbonyl (C=O) groups excluding carboxylic acids is 2. The Hall–Kier alpha value is -3.61. The number of anilines is 1. The van der Waals surface area contributed by atoms with Crippen molar-refractivity contribution in [2.24, 2.45) is 0 Å². The molecule has 1 heterocycles. The quantitative estimate of drug-likeness (QED) is 0.662. The van der Waals surface area contributed by atoms with Crippen molar-refractivity contribution in [1.82, 2.24) is 4.98 Å². The summed E-state index contributed by atoms with van der Waals surface area (Å²) in [6.07, 6.45) is 1.14. The van der Waals surface area contributed by atoms with E-state index in [1.165, 1.54) is 13.3 Å². The number of aromatic amines is 1. The van der Waals surface area contributed by atoms with Crippen LogP contribution in [-0.4, -0.2) is 30.1 Å². The minimum absolute atomic E-state index is 0.0240. The van der Waals surface area contributed by atoms with Crippen molar-refractivity contribution in [3.63, 3.8) is 0 Å². The molecule has 0 aliphatic carbocycles. The van der Waals surface area contributed by atoms with Gasteiger partial charge in [0.15, 0.2) is 0 Å². The first kappa shape index (κ1) is 19.2. The molecule has 1 amide bonds. The van der Waals surface area contributed by atoms with Gasteiger partial charge in [-0.25, -0.2) is 4.79 Å². The van der Waals surface area contributed by atoms with Gasteiger partial charge in [0.25, 0.3) is 5.91 Å². The van der Waals surface area contributed by atoms with Crippen LogP contribution in [0.15, 0.2) is 53.5 Å². The number of carbonyl (C=O) groups is 2. The Morgan fingerprint density at radius 2 is 1.79 bits per heavy atom. The van der Waals surface area contributed by atoms with Crippen LogP contribution in [0.4, 0.5) is 5.69 Å². The lowest BCUT2D eigenvalue weighted by Gasteiger charge is -2.10. The number of benzene rings is 2. The van der Waals surface area contributed by atoms with Crippen LogP contribution in [0.2, 0.25) is 0 Å². The van der Waals surface area contributed by atoms with Crippen LogP contribution in [0.1, 0.15) is 34.6 Å². The van der Waals surface area contributed by atoms with Crippen LogP contribution >= 0.6 is 0 Å². The van der Waals surface area contributed by atoms with E-state index in [1.54, 1.807) is 56.3 Å². The first-order chi connectivity index (χ1) is 13.4. The first-order valence-corrected chi connectivity index (χ1v) is 8.71. The van der Waals surface area contributed by atoms with E-state index in [0.717, 1.165) is 0 Å². The third kappa shape index (κ3) is 3.88. The van der Waals surface area contributed by atoms with E-state index in [4.69, 9.17) is 9.47 Å². The molecule has 1 aromatic heterocycles. The van der Waals surface area contributed by atoms with E-state index in [9.17, 15) is 14.4 Å². The summed E-state index contributed by atoms with van der Waals surface area (Å²) >= 11 is 0. The maximum Gasteiger partial charge on any atom is 0.338 e. The molecular weight excluding hydrogens is 360 g/mol. The number of pyridine rings is 1. The Morgan fingerprint density at radius 3 is 2.43 bits per heavy atom. The third-order valence-electron chi connectivity index (χ3n) is 4.06. The number of rotatable bonds is 5. The first-order valence-electron chi connectivity index (χ1n) is 8.71. The third-order valence-corrected chi connectivity index (χ3v) is 4.06. The molecule has 2 N–H and O–H groups in total. The molecule has 0 fully saturated rings. The lowest BCUT2D eigenvalue weighted by Crippen LogP contribution is -2.22. The maximum atomic E-state index is 12.7. The summed E-state index contributed by atoms with van der Waals surface area (Å²) in [5.74, 6) is -0.471. The number of ether oxygens (including phenoxy) is 2. The topological polar surface area (TPSA) is 97.5 Å². The minimum Gasteiger partial charge on any atom is -0.495 e. The molecule has 0 unspecified atom stereocenters. The number of esters is 1. The van der Waals surface area contributed by atoms with Crippen LogP contribution in [0, 0.1) is 0 Å². The number of hydrogen-bond donors (Lipinski definition) is 2. The average Bonchev–Trinajstić information content (AvgIpc) is 2.67. The highest BCUT2D eigenvalue weighted by Gasteiger charge is 2.15. The second-order valence-electron chi connectivity index (χ2n) is 6.40. The van der Waals surface area contributed by atoms with E-state index in [2.05, 4.69) is 10.3 Å². The minimum atomic E-state index is -0.552. The van der Waals surface area contributed by atoms with Crippen LogP contribution in [0.25, 0.3) is 10.9 Å². The van der Waals surface area contributed by atoms with Gasteiger partial charge in [0, 0.05) is 11.9 Å². The number of amides is 1. The lowest BCUT2D eigenvalue weighted by atomic mass is 10.1. The summed E-state index contributed by atoms with van der Waals surface area (Å²) in [6, 6.07) is 11.3. The zero-order chi connectivity index (χ0) is 20.3. The largest absolute Gasteiger partial charge is 0.495 e. The zero-order valence-electron chi connectivity index (χ0n) is 15.7. The molecule has 28 heavy (non-hydrogen) atoms. The number of para-hydroxylation sites is 1. The number of H-pyrrole nitrogens is 1. The van der Waals surface area contributed by atoms with Gasteiger partial charge in [-0.1, -0.05) is 6.07 Å². The highest BCUT2D eigenvalue weighted by Crippen LogP contribution is 2.21. The van der Waals surface area contributed by atoms with Gasteiger partial charge in [-0.3, -0.25) is 9.59 Å². The highest BCUT2D eigenvalue weighted by atomic mass is 16.5. The number of hydrogen-bond acceptors (Lipinski definition) is 5. The van der Waals surface area contributed by atoms with Crippen molar-refractivity contribution in [1.29, 1.82) is 0 Å². The molecule has 7 heteroatoms. The van der Waals surface area contributed by atoms with Crippen LogP contribution in [0.3, 0.4) is 0 Å². The monoisotopic (exact) mass is 380 g/mol. The molecule has 0 atom stereocenters. The molecule has 0 saturated heterocycles. The second kappa shape index (κ2) is 7.96. The van der Waals surface area contributed by atoms with E-state index < -0.39 is 17.3 Å². The molecule has 0 radical (unpaired) electrons. The summed E-state index contributed by atoms with van der Waals surface area (Å²) in [6.45, 7) is 3.53. The fourth-order valence-corrected chi connectivity index (χ4v) is 2.73. The lowest BCUT2D eigenvalue weighted by molar-refractivity contribution is 0.0378. The SMILES string of the molecule is COc1cccc2c(=O)c(C(=O)Nc3ccc(C(=O)OC(C)C)cc3)c[nH]c12. The van der Waals surface area contributed by atoms with Gasteiger partial charge < -0.3 is 19.8 Å². The maximum absolute atomic E-state index is 12.7. The van der Waals surface area contributed by atoms with E-state index in [-0.39, 0.29) is 11.7 Å². The Kier molecular flexibility index (Phi) is 5.44. The number of methoxy groups -OCH3 is 1. The fraction of sp³-hybridized carbons (Fsp3) is 0.190. The van der Waals surface area contributed by atoms with Gasteiger partial charge in [-0.05, 0) is 50.2 Å². The number of aromatic nitrogens is 1. The predicted molar refractivity (Wildman–Crippen MR) is 106 cm³/mol. The van der Waals surface area contributed by atoms with Crippen LogP contribution in [0.5, 0.6) is 5.75 Å². The van der Waals surface area contributed by atoms with Crippen LogP contribution in [-0.2, 0) is 4.74 Å². The Balaban J connectivity index is 1.82. The van der Waals surface area contributed by atoms with E-state index in [0.29, 0.717) is 27.9 Å². The van der Waals surface area contributed by atoms with Crippen LogP contribution < -0.4 is 15.5 Å². The van der Waals surface area contributed by atoms with Gasteiger partial charge in [0.1, 0.15) is 11.3 Å². The second-order valence-corrected chi connectivity index (χ2v) is 6.40. The Morgan fingerprint density at radius 1 is 1.07 bits per heavy atom. The standard InChI is InChI=1S/C21H20N2O5/c1-12(2)28-21(26)13-7-9-14(10-8-13)23-20(25)16-11-22-18-15(19(16)24)5-4-6-17(18)27-3/h4-12H,1-3H3,(H,22,24)(H,23,25). The van der Waals surface area contributed by atoms with Crippen molar-refractivity contribution in [2.75, 3.05) is 12.4 Å². The van der Waals surface area contributed by atoms with Gasteiger partial charge in [0.2, 0.25) is 5.43 Å². The van der Waals surface area contributed by atoms with Crippen molar-refractivity contribution >= 4 is 28.5 Å². The molecule has 0 saturated carbocycles. The Labute approximate surface area is 161 Å². The smallest absolute Gasteiger partial charge is 0.338 e. The molecule has 3 aromatic rings. The molecule has 0 spiro atoms. The predicted octanol–water partition coefficient (Wildman–Crippen LogP) is 3.35. The van der Waals surface area contributed by atoms with E-state index in [1.807, 2.05) is 0 Å². The average molecular weight is 380 g/mol. The van der Waals surface area contributed by atoms with Crippen molar-refractivity contribution in [3.8, 4) is 5.75 Å². The summed E-state index contributed by atoms with van der Waals surface area (Å²) in [7, 11) is 1.51. The summed E-state index contributed by atoms with van der Waals surface area (Å²) in [5.41, 5.74) is 0.935. The number of nitrogens with one attached hydrogen (secondary N) is 2. The van der Waals surface area contributed by atoms with Crippen molar-refractivity contribution < 1.29 is 19.1 Å². The molecular formula is C21H20N2O5. The molecule has 3 rings (SSSR count). The zero-order valence-corrected chi connectivity index (χ0v) is 15.7. The van der Waals surface area contributed by atoms with Gasteiger partial charge >= 0.3 is 5.97 Å². The summed E-state index contributed by atoms with van der Waals surface area (Å²) in [4.78, 5) is 40.0. The molecule has 0 aliphatic heterocycles.